The average molecular weight is 347 g/mol. The molecule has 1 N–H and O–H groups in total. The van der Waals surface area contributed by atoms with Gasteiger partial charge in [-0.05, 0) is 47.6 Å². The molecule has 3 heteroatoms. The number of allylic oxidation sites excluding steroid dienone is 2. The summed E-state index contributed by atoms with van der Waals surface area (Å²) in [5.74, 6) is 0.929. The molecule has 0 spiro atoms. The van der Waals surface area contributed by atoms with Gasteiger partial charge in [0.15, 0.2) is 0 Å². The van der Waals surface area contributed by atoms with E-state index in [9.17, 15) is 4.79 Å². The predicted molar refractivity (Wildman–Crippen MR) is 104 cm³/mol. The van der Waals surface area contributed by atoms with Gasteiger partial charge in [-0.1, -0.05) is 56.3 Å². The number of esters is 1. The zero-order valence-electron chi connectivity index (χ0n) is 15.3. The minimum absolute atomic E-state index is 0.231. The van der Waals surface area contributed by atoms with E-state index in [1.165, 1.54) is 11.1 Å². The molecular weight excluding hydrogens is 322 g/mol. The number of rotatable bonds is 4. The summed E-state index contributed by atoms with van der Waals surface area (Å²) < 4.78 is 5.40. The fourth-order valence-electron chi connectivity index (χ4n) is 4.04. The Labute approximate surface area is 155 Å². The highest BCUT2D eigenvalue weighted by molar-refractivity contribution is 5.90. The number of carbonyl (C=O) groups is 1. The van der Waals surface area contributed by atoms with Crippen LogP contribution in [0.2, 0.25) is 0 Å². The minimum Gasteiger partial charge on any atom is -0.462 e. The molecule has 2 aromatic carbocycles. The van der Waals surface area contributed by atoms with Crippen LogP contribution in [-0.4, -0.2) is 12.6 Å². The summed E-state index contributed by atoms with van der Waals surface area (Å²) >= 11 is 0. The van der Waals surface area contributed by atoms with E-state index in [0.717, 1.165) is 12.1 Å². The lowest BCUT2D eigenvalue weighted by Crippen LogP contribution is -2.29. The predicted octanol–water partition coefficient (Wildman–Crippen LogP) is 5.33. The van der Waals surface area contributed by atoms with Crippen molar-refractivity contribution in [2.24, 2.45) is 11.8 Å². The van der Waals surface area contributed by atoms with Crippen LogP contribution in [0.5, 0.6) is 0 Å². The first-order valence-electron chi connectivity index (χ1n) is 9.42. The summed E-state index contributed by atoms with van der Waals surface area (Å²) in [5, 5.41) is 3.71. The highest BCUT2D eigenvalue weighted by atomic mass is 16.5. The van der Waals surface area contributed by atoms with Crippen LogP contribution < -0.4 is 5.32 Å². The number of hydrogen-bond donors (Lipinski definition) is 1. The van der Waals surface area contributed by atoms with Gasteiger partial charge in [0.25, 0.3) is 0 Å². The smallest absolute Gasteiger partial charge is 0.338 e. The molecule has 1 aliphatic heterocycles. The number of ether oxygens (including phenoxy) is 1. The molecule has 0 radical (unpaired) electrons. The first-order valence-corrected chi connectivity index (χ1v) is 9.42. The van der Waals surface area contributed by atoms with Crippen LogP contribution in [0.3, 0.4) is 0 Å². The van der Waals surface area contributed by atoms with Crippen LogP contribution in [0.25, 0.3) is 0 Å². The highest BCUT2D eigenvalue weighted by Gasteiger charge is 2.38. The fraction of sp³-hybridized carbons (Fsp3) is 0.348. The van der Waals surface area contributed by atoms with Crippen LogP contribution in [0.15, 0.2) is 60.7 Å². The largest absolute Gasteiger partial charge is 0.462 e. The third kappa shape index (κ3) is 3.14. The quantitative estimate of drug-likeness (QED) is 0.600. The Bertz CT molecular complexity index is 825. The van der Waals surface area contributed by atoms with Crippen molar-refractivity contribution in [3.8, 4) is 0 Å². The summed E-state index contributed by atoms with van der Waals surface area (Å²) in [6.45, 7) is 4.54. The lowest BCUT2D eigenvalue weighted by molar-refractivity contribution is 0.0459. The molecule has 0 bridgehead atoms. The number of carbonyl (C=O) groups excluding carboxylic acids is 1. The van der Waals surface area contributed by atoms with Crippen LogP contribution in [0, 0.1) is 11.8 Å². The summed E-state index contributed by atoms with van der Waals surface area (Å²) in [5.41, 5.74) is 4.28. The van der Waals surface area contributed by atoms with E-state index in [1.807, 2.05) is 32.0 Å². The Morgan fingerprint density at radius 2 is 2.00 bits per heavy atom. The van der Waals surface area contributed by atoms with Gasteiger partial charge in [-0.25, -0.2) is 4.79 Å². The van der Waals surface area contributed by atoms with E-state index in [-0.39, 0.29) is 5.97 Å². The molecule has 134 valence electrons. The standard InChI is InChI=1S/C23H25NO2/c1-15(2)14-26-23(25)17-11-12-21-20(13-17)18-9-6-10-19(18)22(24-21)16-7-4-3-5-8-16/h3-9,11-13,15,18-19,22,24H,10,14H2,1-2H3/t18-,19-,22-/m0/s1. The third-order valence-electron chi connectivity index (χ3n) is 5.30. The number of anilines is 1. The van der Waals surface area contributed by atoms with Gasteiger partial charge < -0.3 is 10.1 Å². The van der Waals surface area contributed by atoms with Crippen LogP contribution in [0.4, 0.5) is 5.69 Å². The van der Waals surface area contributed by atoms with Gasteiger partial charge in [-0.2, -0.15) is 0 Å². The van der Waals surface area contributed by atoms with Crippen molar-refractivity contribution >= 4 is 11.7 Å². The number of nitrogens with one attached hydrogen (secondary N) is 1. The molecule has 0 saturated carbocycles. The van der Waals surface area contributed by atoms with Crippen molar-refractivity contribution in [1.82, 2.24) is 0 Å². The molecular formula is C23H25NO2. The maximum absolute atomic E-state index is 12.4. The second-order valence-corrected chi connectivity index (χ2v) is 7.68. The monoisotopic (exact) mass is 347 g/mol. The summed E-state index contributed by atoms with van der Waals surface area (Å²) in [4.78, 5) is 12.4. The van der Waals surface area contributed by atoms with Crippen molar-refractivity contribution in [2.75, 3.05) is 11.9 Å². The van der Waals surface area contributed by atoms with Gasteiger partial charge in [0.2, 0.25) is 0 Å². The number of benzene rings is 2. The van der Waals surface area contributed by atoms with Gasteiger partial charge in [-0.15, -0.1) is 0 Å². The maximum Gasteiger partial charge on any atom is 0.338 e. The average Bonchev–Trinajstić information content (AvgIpc) is 3.16. The SMILES string of the molecule is CC(C)COC(=O)c1ccc2c(c1)[C@H]1C=CC[C@@H]1[C@H](c1ccccc1)N2. The topological polar surface area (TPSA) is 38.3 Å². The van der Waals surface area contributed by atoms with Crippen molar-refractivity contribution in [3.63, 3.8) is 0 Å². The lowest BCUT2D eigenvalue weighted by Gasteiger charge is -2.37. The zero-order chi connectivity index (χ0) is 18.1. The second-order valence-electron chi connectivity index (χ2n) is 7.68. The molecule has 0 amide bonds. The molecule has 1 heterocycles. The molecule has 2 aromatic rings. The van der Waals surface area contributed by atoms with Gasteiger partial charge in [-0.3, -0.25) is 0 Å². The van der Waals surface area contributed by atoms with E-state index in [4.69, 9.17) is 4.74 Å². The number of fused-ring (bicyclic) bond motifs is 3. The molecule has 1 aliphatic carbocycles. The second kappa shape index (κ2) is 6.99. The lowest BCUT2D eigenvalue weighted by atomic mass is 9.76. The van der Waals surface area contributed by atoms with E-state index in [1.54, 1.807) is 0 Å². The molecule has 3 atom stereocenters. The van der Waals surface area contributed by atoms with E-state index >= 15 is 0 Å². The van der Waals surface area contributed by atoms with Crippen LogP contribution in [0.1, 0.15) is 53.7 Å². The Hall–Kier alpha value is -2.55. The van der Waals surface area contributed by atoms with Crippen molar-refractivity contribution < 1.29 is 9.53 Å². The van der Waals surface area contributed by atoms with Gasteiger partial charge in [0.05, 0.1) is 18.2 Å². The highest BCUT2D eigenvalue weighted by Crippen LogP contribution is 2.49. The van der Waals surface area contributed by atoms with E-state index < -0.39 is 0 Å². The normalized spacial score (nSPS) is 23.3. The molecule has 0 saturated heterocycles. The molecule has 26 heavy (non-hydrogen) atoms. The Balaban J connectivity index is 1.64. The molecule has 3 nitrogen and oxygen atoms in total. The van der Waals surface area contributed by atoms with Crippen LogP contribution >= 0.6 is 0 Å². The zero-order valence-corrected chi connectivity index (χ0v) is 15.3. The maximum atomic E-state index is 12.4. The molecule has 2 aliphatic rings. The molecule has 0 aromatic heterocycles. The molecule has 0 unspecified atom stereocenters. The Morgan fingerprint density at radius 1 is 1.19 bits per heavy atom. The third-order valence-corrected chi connectivity index (χ3v) is 5.30. The van der Waals surface area contributed by atoms with Gasteiger partial charge in [0, 0.05) is 11.6 Å². The number of hydrogen-bond acceptors (Lipinski definition) is 3. The van der Waals surface area contributed by atoms with Crippen molar-refractivity contribution in [3.05, 3.63) is 77.4 Å². The first kappa shape index (κ1) is 16.9. The summed E-state index contributed by atoms with van der Waals surface area (Å²) in [6.07, 6.45) is 5.62. The molecule has 4 rings (SSSR count). The summed E-state index contributed by atoms with van der Waals surface area (Å²) in [6, 6.07) is 16.8. The fourth-order valence-corrected chi connectivity index (χ4v) is 4.04. The minimum atomic E-state index is -0.231. The van der Waals surface area contributed by atoms with E-state index in [2.05, 4.69) is 47.8 Å². The van der Waals surface area contributed by atoms with Crippen LogP contribution in [-0.2, 0) is 4.74 Å². The van der Waals surface area contributed by atoms with Crippen molar-refractivity contribution in [2.45, 2.75) is 32.2 Å². The van der Waals surface area contributed by atoms with Gasteiger partial charge >= 0.3 is 5.97 Å². The van der Waals surface area contributed by atoms with Gasteiger partial charge in [0.1, 0.15) is 0 Å². The summed E-state index contributed by atoms with van der Waals surface area (Å²) in [7, 11) is 0. The Morgan fingerprint density at radius 3 is 2.77 bits per heavy atom. The molecule has 0 fully saturated rings. The first-order chi connectivity index (χ1) is 12.6. The van der Waals surface area contributed by atoms with Crippen molar-refractivity contribution in [1.29, 1.82) is 0 Å². The Kier molecular flexibility index (Phi) is 4.54. The van der Waals surface area contributed by atoms with E-state index in [0.29, 0.717) is 36.0 Å².